The number of aryl methyl sites for hydroxylation is 3. The van der Waals surface area contributed by atoms with E-state index in [1.807, 2.05) is 25.2 Å². The summed E-state index contributed by atoms with van der Waals surface area (Å²) in [5.41, 5.74) is 6.41. The Morgan fingerprint density at radius 3 is 2.79 bits per heavy atom. The number of nitrogens with zero attached hydrogens (tertiary/aromatic N) is 3. The molecule has 1 aliphatic heterocycles. The van der Waals surface area contributed by atoms with Crippen LogP contribution in [0.5, 0.6) is 5.75 Å². The average molecular weight is 374 g/mol. The van der Waals surface area contributed by atoms with Crippen LogP contribution in [0.1, 0.15) is 41.0 Å². The number of carbonyl (C=O) groups is 1. The van der Waals surface area contributed by atoms with Gasteiger partial charge in [0.05, 0.1) is 12.8 Å². The summed E-state index contributed by atoms with van der Waals surface area (Å²) < 4.78 is 7.49. The molecule has 1 amide bonds. The van der Waals surface area contributed by atoms with Gasteiger partial charge >= 0.3 is 0 Å². The van der Waals surface area contributed by atoms with Gasteiger partial charge in [0.15, 0.2) is 0 Å². The van der Waals surface area contributed by atoms with Gasteiger partial charge < -0.3 is 10.1 Å². The standard InChI is InChI=1S/C22H22N4O2/c1-26-22-20(21(25-26)17-8-3-4-9-23-17)16(12-19(27)24-22)15-10-13-6-5-7-14(13)11-18(15)28-2/h3-4,8-11,16H,5-7,12H2,1-2H3,(H,24,27). The summed E-state index contributed by atoms with van der Waals surface area (Å²) in [6.07, 6.45) is 5.48. The fourth-order valence-electron chi connectivity index (χ4n) is 4.52. The van der Waals surface area contributed by atoms with Gasteiger partial charge in [-0.25, -0.2) is 0 Å². The summed E-state index contributed by atoms with van der Waals surface area (Å²) in [5, 5.41) is 7.70. The molecule has 3 heterocycles. The molecule has 1 aliphatic carbocycles. The van der Waals surface area contributed by atoms with Crippen molar-refractivity contribution in [1.29, 1.82) is 0 Å². The summed E-state index contributed by atoms with van der Waals surface area (Å²) in [5.74, 6) is 1.47. The Morgan fingerprint density at radius 2 is 2.04 bits per heavy atom. The number of benzene rings is 1. The molecule has 0 saturated carbocycles. The third-order valence-electron chi connectivity index (χ3n) is 5.81. The molecule has 1 unspecified atom stereocenters. The van der Waals surface area contributed by atoms with Crippen molar-refractivity contribution in [1.82, 2.24) is 14.8 Å². The Bertz CT molecular complexity index is 1070. The lowest BCUT2D eigenvalue weighted by molar-refractivity contribution is -0.116. The number of hydrogen-bond donors (Lipinski definition) is 1. The van der Waals surface area contributed by atoms with Crippen LogP contribution in [-0.4, -0.2) is 27.8 Å². The number of rotatable bonds is 3. The van der Waals surface area contributed by atoms with Crippen molar-refractivity contribution in [3.05, 3.63) is 58.8 Å². The van der Waals surface area contributed by atoms with Crippen molar-refractivity contribution in [2.75, 3.05) is 12.4 Å². The second kappa shape index (κ2) is 6.48. The second-order valence-corrected chi connectivity index (χ2v) is 7.47. The Kier molecular flexibility index (Phi) is 3.93. The van der Waals surface area contributed by atoms with Crippen LogP contribution in [0.3, 0.4) is 0 Å². The first-order chi connectivity index (χ1) is 13.7. The van der Waals surface area contributed by atoms with Gasteiger partial charge in [0.2, 0.25) is 5.91 Å². The van der Waals surface area contributed by atoms with Crippen molar-refractivity contribution in [2.45, 2.75) is 31.6 Å². The van der Waals surface area contributed by atoms with Crippen LogP contribution in [0.25, 0.3) is 11.4 Å². The fourth-order valence-corrected chi connectivity index (χ4v) is 4.52. The summed E-state index contributed by atoms with van der Waals surface area (Å²) in [6.45, 7) is 0. The largest absolute Gasteiger partial charge is 0.496 e. The normalized spacial score (nSPS) is 17.8. The number of pyridine rings is 1. The van der Waals surface area contributed by atoms with Gasteiger partial charge in [-0.3, -0.25) is 14.5 Å². The minimum atomic E-state index is -0.115. The van der Waals surface area contributed by atoms with E-state index >= 15 is 0 Å². The highest BCUT2D eigenvalue weighted by Crippen LogP contribution is 2.46. The predicted octanol–water partition coefficient (Wildman–Crippen LogP) is 3.45. The summed E-state index contributed by atoms with van der Waals surface area (Å²) in [7, 11) is 3.56. The van der Waals surface area contributed by atoms with Crippen LogP contribution in [-0.2, 0) is 24.7 Å². The van der Waals surface area contributed by atoms with E-state index in [-0.39, 0.29) is 11.8 Å². The molecule has 2 aromatic heterocycles. The molecule has 0 bridgehead atoms. The van der Waals surface area contributed by atoms with Crippen LogP contribution >= 0.6 is 0 Å². The predicted molar refractivity (Wildman–Crippen MR) is 107 cm³/mol. The maximum atomic E-state index is 12.5. The van der Waals surface area contributed by atoms with Crippen molar-refractivity contribution in [3.8, 4) is 17.1 Å². The number of nitrogens with one attached hydrogen (secondary N) is 1. The number of hydrogen-bond acceptors (Lipinski definition) is 4. The molecule has 0 radical (unpaired) electrons. The first-order valence-electron chi connectivity index (χ1n) is 9.63. The van der Waals surface area contributed by atoms with E-state index in [1.165, 1.54) is 17.5 Å². The monoisotopic (exact) mass is 374 g/mol. The number of fused-ring (bicyclic) bond motifs is 2. The quantitative estimate of drug-likeness (QED) is 0.762. The van der Waals surface area contributed by atoms with Crippen LogP contribution in [0, 0.1) is 0 Å². The SMILES string of the molecule is COc1cc2c(cc1C1CC(=O)Nc3c1c(-c1ccccn1)nn3C)CCC2. The Morgan fingerprint density at radius 1 is 1.21 bits per heavy atom. The summed E-state index contributed by atoms with van der Waals surface area (Å²) >= 11 is 0. The molecule has 142 valence electrons. The summed E-state index contributed by atoms with van der Waals surface area (Å²) in [4.78, 5) is 17.0. The Balaban J connectivity index is 1.73. The van der Waals surface area contributed by atoms with E-state index in [2.05, 4.69) is 22.4 Å². The van der Waals surface area contributed by atoms with Crippen LogP contribution in [0.15, 0.2) is 36.5 Å². The number of methoxy groups -OCH3 is 1. The highest BCUT2D eigenvalue weighted by atomic mass is 16.5. The molecule has 1 aromatic carbocycles. The van der Waals surface area contributed by atoms with Gasteiger partial charge in [0.1, 0.15) is 17.3 Å². The number of amides is 1. The van der Waals surface area contributed by atoms with Crippen LogP contribution < -0.4 is 10.1 Å². The van der Waals surface area contributed by atoms with Gasteiger partial charge in [-0.05, 0) is 48.6 Å². The van der Waals surface area contributed by atoms with E-state index in [0.717, 1.165) is 46.9 Å². The average Bonchev–Trinajstić information content (AvgIpc) is 3.31. The highest BCUT2D eigenvalue weighted by Gasteiger charge is 2.35. The van der Waals surface area contributed by atoms with Crippen LogP contribution in [0.2, 0.25) is 0 Å². The van der Waals surface area contributed by atoms with Gasteiger partial charge in [0.25, 0.3) is 0 Å². The zero-order valence-electron chi connectivity index (χ0n) is 16.0. The highest BCUT2D eigenvalue weighted by molar-refractivity contribution is 5.96. The molecule has 6 nitrogen and oxygen atoms in total. The van der Waals surface area contributed by atoms with Crippen molar-refractivity contribution in [3.63, 3.8) is 0 Å². The van der Waals surface area contributed by atoms with Crippen molar-refractivity contribution in [2.24, 2.45) is 7.05 Å². The van der Waals surface area contributed by atoms with Gasteiger partial charge in [-0.1, -0.05) is 12.1 Å². The lowest BCUT2D eigenvalue weighted by Gasteiger charge is -2.26. The van der Waals surface area contributed by atoms with E-state index in [0.29, 0.717) is 6.42 Å². The fraction of sp³-hybridized carbons (Fsp3) is 0.318. The van der Waals surface area contributed by atoms with E-state index in [4.69, 9.17) is 9.84 Å². The third kappa shape index (κ3) is 2.59. The Labute approximate surface area is 163 Å². The first kappa shape index (κ1) is 17.0. The zero-order valence-corrected chi connectivity index (χ0v) is 16.0. The van der Waals surface area contributed by atoms with Gasteiger partial charge in [0, 0.05) is 36.7 Å². The molecule has 0 fully saturated rings. The molecule has 2 aliphatic rings. The number of anilines is 1. The molecular weight excluding hydrogens is 352 g/mol. The van der Waals surface area contributed by atoms with E-state index in [9.17, 15) is 4.79 Å². The molecule has 1 N–H and O–H groups in total. The van der Waals surface area contributed by atoms with Crippen LogP contribution in [0.4, 0.5) is 5.82 Å². The van der Waals surface area contributed by atoms with Crippen molar-refractivity contribution >= 4 is 11.7 Å². The van der Waals surface area contributed by atoms with Gasteiger partial charge in [-0.2, -0.15) is 5.10 Å². The maximum absolute atomic E-state index is 12.5. The van der Waals surface area contributed by atoms with Crippen molar-refractivity contribution < 1.29 is 9.53 Å². The molecule has 3 aromatic rings. The Hall–Kier alpha value is -3.15. The maximum Gasteiger partial charge on any atom is 0.226 e. The molecular formula is C22H22N4O2. The van der Waals surface area contributed by atoms with E-state index in [1.54, 1.807) is 18.0 Å². The first-order valence-corrected chi connectivity index (χ1v) is 9.63. The molecule has 0 spiro atoms. The molecule has 0 saturated heterocycles. The zero-order chi connectivity index (χ0) is 19.3. The lowest BCUT2D eigenvalue weighted by atomic mass is 9.83. The minimum Gasteiger partial charge on any atom is -0.496 e. The third-order valence-corrected chi connectivity index (χ3v) is 5.81. The topological polar surface area (TPSA) is 69.0 Å². The molecule has 5 rings (SSSR count). The van der Waals surface area contributed by atoms with E-state index < -0.39 is 0 Å². The molecule has 6 heteroatoms. The van der Waals surface area contributed by atoms with Gasteiger partial charge in [-0.15, -0.1) is 0 Å². The summed E-state index contributed by atoms with van der Waals surface area (Å²) in [6, 6.07) is 10.2. The number of ether oxygens (including phenoxy) is 1. The molecule has 28 heavy (non-hydrogen) atoms. The number of aromatic nitrogens is 3. The number of carbonyl (C=O) groups excluding carboxylic acids is 1. The molecule has 1 atom stereocenters. The smallest absolute Gasteiger partial charge is 0.226 e. The lowest BCUT2D eigenvalue weighted by Crippen LogP contribution is -2.25. The second-order valence-electron chi connectivity index (χ2n) is 7.47. The minimum absolute atomic E-state index is 0.00405.